The Balaban J connectivity index is 1.64. The van der Waals surface area contributed by atoms with Gasteiger partial charge >= 0.3 is 5.97 Å². The summed E-state index contributed by atoms with van der Waals surface area (Å²) in [5, 5.41) is 1.36. The van der Waals surface area contributed by atoms with Gasteiger partial charge in [0.25, 0.3) is 5.56 Å². The second-order valence-electron chi connectivity index (χ2n) is 10.2. The highest BCUT2D eigenvalue weighted by Gasteiger charge is 2.35. The first-order valence-electron chi connectivity index (χ1n) is 13.9. The zero-order chi connectivity index (χ0) is 31.5. The molecule has 3 aromatic carbocycles. The van der Waals surface area contributed by atoms with E-state index in [0.717, 1.165) is 5.56 Å². The van der Waals surface area contributed by atoms with Crippen molar-refractivity contribution in [1.82, 2.24) is 4.57 Å². The Morgan fingerprint density at radius 1 is 1.05 bits per heavy atom. The molecule has 0 saturated heterocycles. The normalized spacial score (nSPS) is 14.8. The maximum Gasteiger partial charge on any atom is 0.338 e. The van der Waals surface area contributed by atoms with Crippen LogP contribution in [-0.2, 0) is 16.1 Å². The highest BCUT2D eigenvalue weighted by molar-refractivity contribution is 7.07. The number of thiazole rings is 1. The molecule has 0 aliphatic carbocycles. The standard InChI is InChI=1S/C33H29Cl3N2O5S/c1-5-41-32(40)29-19(4)37-33-38(30(29)23-8-6-7-9-27(23)43-18(2)3)31(39)28(44-33)16-21-15-22(34)11-13-26(21)42-17-20-10-12-24(35)25(36)14-20/h6-16,18,30H,5,17H2,1-4H3/b28-16-/t30-/m0/s1. The van der Waals surface area contributed by atoms with E-state index in [1.54, 1.807) is 50.3 Å². The minimum absolute atomic E-state index is 0.131. The van der Waals surface area contributed by atoms with Crippen LogP contribution in [0.15, 0.2) is 81.7 Å². The van der Waals surface area contributed by atoms with Crippen LogP contribution in [0.25, 0.3) is 6.08 Å². The molecular weight excluding hydrogens is 643 g/mol. The van der Waals surface area contributed by atoms with Gasteiger partial charge in [-0.3, -0.25) is 9.36 Å². The van der Waals surface area contributed by atoms with E-state index >= 15 is 0 Å². The van der Waals surface area contributed by atoms with Crippen molar-refractivity contribution < 1.29 is 19.0 Å². The molecule has 4 aromatic rings. The summed E-state index contributed by atoms with van der Waals surface area (Å²) in [7, 11) is 0. The average Bonchev–Trinajstić information content (AvgIpc) is 3.27. The van der Waals surface area contributed by atoms with Crippen LogP contribution in [0.5, 0.6) is 11.5 Å². The van der Waals surface area contributed by atoms with Crippen molar-refractivity contribution in [2.24, 2.45) is 4.99 Å². The summed E-state index contributed by atoms with van der Waals surface area (Å²) >= 11 is 19.8. The van der Waals surface area contributed by atoms with Crippen molar-refractivity contribution in [3.8, 4) is 11.5 Å². The fourth-order valence-corrected chi connectivity index (χ4v) is 6.39. The number of carbonyl (C=O) groups is 1. The molecule has 0 unspecified atom stereocenters. The smallest absolute Gasteiger partial charge is 0.338 e. The second kappa shape index (κ2) is 13.6. The van der Waals surface area contributed by atoms with Crippen molar-refractivity contribution in [2.45, 2.75) is 46.4 Å². The topological polar surface area (TPSA) is 79.1 Å². The van der Waals surface area contributed by atoms with Crippen LogP contribution in [0.1, 0.15) is 50.4 Å². The fourth-order valence-electron chi connectivity index (χ4n) is 4.85. The lowest BCUT2D eigenvalue weighted by Crippen LogP contribution is -2.40. The number of rotatable bonds is 9. The third-order valence-electron chi connectivity index (χ3n) is 6.73. The largest absolute Gasteiger partial charge is 0.491 e. The average molecular weight is 672 g/mol. The molecule has 0 fully saturated rings. The van der Waals surface area contributed by atoms with Gasteiger partial charge in [0.1, 0.15) is 24.1 Å². The Kier molecular flexibility index (Phi) is 9.85. The van der Waals surface area contributed by atoms with Gasteiger partial charge in [0.05, 0.1) is 38.6 Å². The molecule has 0 N–H and O–H groups in total. The van der Waals surface area contributed by atoms with Gasteiger partial charge in [-0.15, -0.1) is 0 Å². The molecule has 11 heteroatoms. The number of hydrogen-bond acceptors (Lipinski definition) is 7. The van der Waals surface area contributed by atoms with Gasteiger partial charge in [0.15, 0.2) is 4.80 Å². The van der Waals surface area contributed by atoms with Gasteiger partial charge < -0.3 is 14.2 Å². The molecule has 7 nitrogen and oxygen atoms in total. The van der Waals surface area contributed by atoms with E-state index in [9.17, 15) is 9.59 Å². The molecule has 1 aliphatic heterocycles. The number of esters is 1. The Bertz CT molecular complexity index is 1950. The molecule has 0 spiro atoms. The van der Waals surface area contributed by atoms with Crippen molar-refractivity contribution in [3.05, 3.63) is 123 Å². The van der Waals surface area contributed by atoms with Crippen molar-refractivity contribution in [2.75, 3.05) is 6.61 Å². The molecule has 44 heavy (non-hydrogen) atoms. The third kappa shape index (κ3) is 6.74. The maximum atomic E-state index is 14.2. The molecular formula is C33H29Cl3N2O5S. The van der Waals surface area contributed by atoms with Crippen LogP contribution in [0.3, 0.4) is 0 Å². The lowest BCUT2D eigenvalue weighted by atomic mass is 9.95. The van der Waals surface area contributed by atoms with Crippen molar-refractivity contribution in [3.63, 3.8) is 0 Å². The number of nitrogens with zero attached hydrogens (tertiary/aromatic N) is 2. The van der Waals surface area contributed by atoms with E-state index in [-0.39, 0.29) is 30.5 Å². The van der Waals surface area contributed by atoms with Crippen LogP contribution in [0.2, 0.25) is 15.1 Å². The molecule has 2 heterocycles. The van der Waals surface area contributed by atoms with E-state index in [2.05, 4.69) is 4.99 Å². The number of carbonyl (C=O) groups excluding carboxylic acids is 1. The van der Waals surface area contributed by atoms with Gasteiger partial charge in [-0.25, -0.2) is 9.79 Å². The predicted molar refractivity (Wildman–Crippen MR) is 175 cm³/mol. The molecule has 5 rings (SSSR count). The maximum absolute atomic E-state index is 14.2. The Morgan fingerprint density at radius 3 is 2.55 bits per heavy atom. The summed E-state index contributed by atoms with van der Waals surface area (Å²) in [6.45, 7) is 7.71. The van der Waals surface area contributed by atoms with Gasteiger partial charge in [0.2, 0.25) is 0 Å². The number of hydrogen-bond donors (Lipinski definition) is 0. The molecule has 0 amide bonds. The van der Waals surface area contributed by atoms with E-state index < -0.39 is 12.0 Å². The Labute approximate surface area is 273 Å². The quantitative estimate of drug-likeness (QED) is 0.177. The summed E-state index contributed by atoms with van der Waals surface area (Å²) in [5.74, 6) is 0.536. The minimum atomic E-state index is -0.813. The van der Waals surface area contributed by atoms with Crippen molar-refractivity contribution >= 4 is 58.2 Å². The number of benzene rings is 3. The van der Waals surface area contributed by atoms with Crippen LogP contribution in [-0.4, -0.2) is 23.2 Å². The summed E-state index contributed by atoms with van der Waals surface area (Å²) in [5.41, 5.74) is 2.49. The lowest BCUT2D eigenvalue weighted by molar-refractivity contribution is -0.139. The van der Waals surface area contributed by atoms with Gasteiger partial charge in [-0.1, -0.05) is 70.4 Å². The molecule has 0 radical (unpaired) electrons. The molecule has 1 aromatic heterocycles. The van der Waals surface area contributed by atoms with Crippen LogP contribution >= 0.6 is 46.1 Å². The molecule has 0 saturated carbocycles. The molecule has 0 bridgehead atoms. The predicted octanol–water partition coefficient (Wildman–Crippen LogP) is 7.12. The minimum Gasteiger partial charge on any atom is -0.491 e. The number of aromatic nitrogens is 1. The second-order valence-corrected chi connectivity index (χ2v) is 12.5. The van der Waals surface area contributed by atoms with Crippen LogP contribution in [0.4, 0.5) is 0 Å². The first kappa shape index (κ1) is 31.9. The molecule has 228 valence electrons. The van der Waals surface area contributed by atoms with Gasteiger partial charge in [-0.05, 0) is 75.7 Å². The highest BCUT2D eigenvalue weighted by atomic mass is 35.5. The number of ether oxygens (including phenoxy) is 3. The Morgan fingerprint density at radius 2 is 1.82 bits per heavy atom. The first-order valence-corrected chi connectivity index (χ1v) is 15.8. The summed E-state index contributed by atoms with van der Waals surface area (Å²) in [6.07, 6.45) is 1.59. The lowest BCUT2D eigenvalue weighted by Gasteiger charge is -2.26. The summed E-state index contributed by atoms with van der Waals surface area (Å²) < 4.78 is 19.6. The SMILES string of the molecule is CCOC(=O)C1=C(C)N=c2s/c(=C\c3cc(Cl)ccc3OCc3ccc(Cl)c(Cl)c3)c(=O)n2[C@H]1c1ccccc1OC(C)C. The molecule has 1 aliphatic rings. The zero-order valence-corrected chi connectivity index (χ0v) is 27.5. The number of para-hydroxylation sites is 1. The third-order valence-corrected chi connectivity index (χ3v) is 8.69. The number of allylic oxidation sites excluding steroid dienone is 1. The van der Waals surface area contributed by atoms with E-state index in [4.69, 9.17) is 49.0 Å². The number of fused-ring (bicyclic) bond motifs is 1. The molecule has 1 atom stereocenters. The van der Waals surface area contributed by atoms with Gasteiger partial charge in [-0.2, -0.15) is 0 Å². The van der Waals surface area contributed by atoms with E-state index in [1.807, 2.05) is 44.2 Å². The monoisotopic (exact) mass is 670 g/mol. The van der Waals surface area contributed by atoms with E-state index in [0.29, 0.717) is 52.7 Å². The van der Waals surface area contributed by atoms with E-state index in [1.165, 1.54) is 15.9 Å². The summed E-state index contributed by atoms with van der Waals surface area (Å²) in [6, 6.07) is 17.0. The van der Waals surface area contributed by atoms with Crippen molar-refractivity contribution in [1.29, 1.82) is 0 Å². The first-order chi connectivity index (χ1) is 21.1. The van der Waals surface area contributed by atoms with Crippen LogP contribution in [0, 0.1) is 0 Å². The number of halogens is 3. The van der Waals surface area contributed by atoms with Crippen LogP contribution < -0.4 is 24.4 Å². The van der Waals surface area contributed by atoms with Gasteiger partial charge in [0, 0.05) is 16.1 Å². The summed E-state index contributed by atoms with van der Waals surface area (Å²) in [4.78, 5) is 32.6. The fraction of sp³-hybridized carbons (Fsp3) is 0.242. The Hall–Kier alpha value is -3.56. The zero-order valence-electron chi connectivity index (χ0n) is 24.4. The highest BCUT2D eigenvalue weighted by Crippen LogP contribution is 2.36.